The van der Waals surface area contributed by atoms with Gasteiger partial charge in [0, 0.05) is 12.0 Å². The number of Topliss-reactive ketones (excluding diaryl/α,β-unsaturated/α-hetero) is 1. The van der Waals surface area contributed by atoms with Crippen LogP contribution >= 0.6 is 22.6 Å². The van der Waals surface area contributed by atoms with Crippen molar-refractivity contribution in [1.29, 1.82) is 0 Å². The molecule has 0 radical (unpaired) electrons. The number of rotatable bonds is 5. The Morgan fingerprint density at radius 2 is 2.06 bits per heavy atom. The Morgan fingerprint density at radius 3 is 2.56 bits per heavy atom. The summed E-state index contributed by atoms with van der Waals surface area (Å²) in [6.45, 7) is 1.96. The zero-order valence-corrected chi connectivity index (χ0v) is 11.3. The normalized spacial score (nSPS) is 13.6. The summed E-state index contributed by atoms with van der Waals surface area (Å²) in [5, 5.41) is 10.1. The van der Waals surface area contributed by atoms with Crippen molar-refractivity contribution in [3.05, 3.63) is 45.6 Å². The van der Waals surface area contributed by atoms with Crippen LogP contribution in [-0.4, -0.2) is 10.9 Å². The second-order valence-corrected chi connectivity index (χ2v) is 4.17. The zero-order chi connectivity index (χ0) is 12.0. The third kappa shape index (κ3) is 3.42. The number of ketones is 1. The molecule has 0 fully saturated rings. The summed E-state index contributed by atoms with van der Waals surface area (Å²) in [5.41, 5.74) is 1.24. The Hall–Kier alpha value is -0.680. The summed E-state index contributed by atoms with van der Waals surface area (Å²) in [7, 11) is 0. The van der Waals surface area contributed by atoms with Crippen LogP contribution in [-0.2, 0) is 4.79 Å². The molecule has 0 aromatic heterocycles. The van der Waals surface area contributed by atoms with Crippen LogP contribution < -0.4 is 0 Å². The van der Waals surface area contributed by atoms with E-state index in [1.807, 2.05) is 59.8 Å². The van der Waals surface area contributed by atoms with Crippen LogP contribution in [0.2, 0.25) is 0 Å². The van der Waals surface area contributed by atoms with Gasteiger partial charge in [0.25, 0.3) is 0 Å². The van der Waals surface area contributed by atoms with Gasteiger partial charge in [0.15, 0.2) is 5.78 Å². The molecule has 0 saturated heterocycles. The summed E-state index contributed by atoms with van der Waals surface area (Å²) in [5.74, 6) is 0.0215. The van der Waals surface area contributed by atoms with E-state index in [4.69, 9.17) is 0 Å². The fraction of sp³-hybridized carbons (Fsp3) is 0.308. The first-order chi connectivity index (χ1) is 7.70. The monoisotopic (exact) mass is 330 g/mol. The van der Waals surface area contributed by atoms with Gasteiger partial charge in [-0.2, -0.15) is 0 Å². The molecular formula is C13H15IO2. The zero-order valence-electron chi connectivity index (χ0n) is 9.19. The molecule has 86 valence electrons. The summed E-state index contributed by atoms with van der Waals surface area (Å²) in [6.07, 6.45) is 0.477. The maximum atomic E-state index is 11.8. The standard InChI is InChI=1S/C13H15IO2/c1-2-6-12(15)11(9-14)13(16)10-7-4-3-5-8-10/h3-5,7-9,13,16H,2,6H2,1H3/b11-9-/t13-/m0/s1. The first-order valence-electron chi connectivity index (χ1n) is 5.27. The number of aliphatic hydroxyl groups excluding tert-OH is 1. The van der Waals surface area contributed by atoms with E-state index in [-0.39, 0.29) is 5.78 Å². The van der Waals surface area contributed by atoms with Crippen LogP contribution in [0.1, 0.15) is 31.4 Å². The molecule has 2 nitrogen and oxygen atoms in total. The van der Waals surface area contributed by atoms with Crippen molar-refractivity contribution in [2.24, 2.45) is 0 Å². The highest BCUT2D eigenvalue weighted by molar-refractivity contribution is 14.1. The molecule has 0 aliphatic carbocycles. The minimum Gasteiger partial charge on any atom is -0.384 e. The maximum Gasteiger partial charge on any atom is 0.162 e. The number of aliphatic hydroxyl groups is 1. The Bertz CT molecular complexity index is 371. The molecule has 1 rings (SSSR count). The smallest absolute Gasteiger partial charge is 0.162 e. The molecule has 0 bridgehead atoms. The van der Waals surface area contributed by atoms with Gasteiger partial charge in [-0.3, -0.25) is 4.79 Å². The fourth-order valence-electron chi connectivity index (χ4n) is 1.46. The third-order valence-electron chi connectivity index (χ3n) is 2.33. The van der Waals surface area contributed by atoms with E-state index in [1.54, 1.807) is 4.08 Å². The average Bonchev–Trinajstić information content (AvgIpc) is 2.31. The predicted molar refractivity (Wildman–Crippen MR) is 73.4 cm³/mol. The first-order valence-corrected chi connectivity index (χ1v) is 6.51. The highest BCUT2D eigenvalue weighted by atomic mass is 127. The molecule has 0 unspecified atom stereocenters. The highest BCUT2D eigenvalue weighted by Gasteiger charge is 2.18. The van der Waals surface area contributed by atoms with E-state index in [9.17, 15) is 9.90 Å². The van der Waals surface area contributed by atoms with Gasteiger partial charge in [-0.15, -0.1) is 0 Å². The van der Waals surface area contributed by atoms with Crippen molar-refractivity contribution < 1.29 is 9.90 Å². The van der Waals surface area contributed by atoms with E-state index in [0.29, 0.717) is 12.0 Å². The highest BCUT2D eigenvalue weighted by Crippen LogP contribution is 2.24. The lowest BCUT2D eigenvalue weighted by atomic mass is 9.98. The maximum absolute atomic E-state index is 11.8. The predicted octanol–water partition coefficient (Wildman–Crippen LogP) is 3.41. The lowest BCUT2D eigenvalue weighted by molar-refractivity contribution is -0.116. The molecule has 0 aliphatic rings. The molecule has 1 N–H and O–H groups in total. The van der Waals surface area contributed by atoms with E-state index in [1.165, 1.54) is 0 Å². The fourth-order valence-corrected chi connectivity index (χ4v) is 2.15. The van der Waals surface area contributed by atoms with Crippen LogP contribution in [0.5, 0.6) is 0 Å². The molecule has 16 heavy (non-hydrogen) atoms. The number of hydrogen-bond acceptors (Lipinski definition) is 2. The second kappa shape index (κ2) is 6.81. The number of carbonyl (C=O) groups excluding carboxylic acids is 1. The number of benzene rings is 1. The molecule has 3 heteroatoms. The van der Waals surface area contributed by atoms with Crippen molar-refractivity contribution in [2.75, 3.05) is 0 Å². The minimum atomic E-state index is -0.808. The van der Waals surface area contributed by atoms with Crippen LogP contribution in [0.25, 0.3) is 0 Å². The van der Waals surface area contributed by atoms with E-state index >= 15 is 0 Å². The molecule has 1 aromatic rings. The topological polar surface area (TPSA) is 37.3 Å². The Morgan fingerprint density at radius 1 is 1.44 bits per heavy atom. The summed E-state index contributed by atoms with van der Waals surface area (Å²) < 4.78 is 1.67. The van der Waals surface area contributed by atoms with Crippen molar-refractivity contribution >= 4 is 28.4 Å². The van der Waals surface area contributed by atoms with Crippen LogP contribution in [0.15, 0.2) is 40.0 Å². The van der Waals surface area contributed by atoms with Crippen molar-refractivity contribution in [3.8, 4) is 0 Å². The molecule has 0 heterocycles. The van der Waals surface area contributed by atoms with Crippen molar-refractivity contribution in [2.45, 2.75) is 25.9 Å². The summed E-state index contributed by atoms with van der Waals surface area (Å²) >= 11 is 2.00. The Balaban J connectivity index is 2.87. The van der Waals surface area contributed by atoms with Gasteiger partial charge < -0.3 is 5.11 Å². The molecule has 0 spiro atoms. The molecular weight excluding hydrogens is 315 g/mol. The summed E-state index contributed by atoms with van der Waals surface area (Å²) in [4.78, 5) is 11.8. The van der Waals surface area contributed by atoms with E-state index < -0.39 is 6.10 Å². The van der Waals surface area contributed by atoms with Gasteiger partial charge >= 0.3 is 0 Å². The molecule has 1 aromatic carbocycles. The lowest BCUT2D eigenvalue weighted by Gasteiger charge is -2.13. The first kappa shape index (κ1) is 13.4. The van der Waals surface area contributed by atoms with Crippen molar-refractivity contribution in [1.82, 2.24) is 0 Å². The average molecular weight is 330 g/mol. The Labute approximate surface area is 110 Å². The van der Waals surface area contributed by atoms with Crippen LogP contribution in [0.4, 0.5) is 0 Å². The molecule has 0 saturated carbocycles. The number of hydrogen-bond donors (Lipinski definition) is 1. The summed E-state index contributed by atoms with van der Waals surface area (Å²) in [6, 6.07) is 9.24. The minimum absolute atomic E-state index is 0.0215. The molecule has 1 atom stereocenters. The number of halogens is 1. The van der Waals surface area contributed by atoms with E-state index in [2.05, 4.69) is 0 Å². The van der Waals surface area contributed by atoms with Gasteiger partial charge in [0.2, 0.25) is 0 Å². The quantitative estimate of drug-likeness (QED) is 0.664. The molecule has 0 aliphatic heterocycles. The van der Waals surface area contributed by atoms with Gasteiger partial charge in [0.1, 0.15) is 6.10 Å². The van der Waals surface area contributed by atoms with Gasteiger partial charge in [-0.1, -0.05) is 59.8 Å². The van der Waals surface area contributed by atoms with Crippen molar-refractivity contribution in [3.63, 3.8) is 0 Å². The van der Waals surface area contributed by atoms with Gasteiger partial charge in [-0.05, 0) is 16.1 Å². The molecule has 0 amide bonds. The van der Waals surface area contributed by atoms with Gasteiger partial charge in [0.05, 0.1) is 0 Å². The third-order valence-corrected chi connectivity index (χ3v) is 3.00. The largest absolute Gasteiger partial charge is 0.384 e. The Kier molecular flexibility index (Phi) is 5.69. The number of carbonyl (C=O) groups is 1. The van der Waals surface area contributed by atoms with Crippen LogP contribution in [0, 0.1) is 0 Å². The second-order valence-electron chi connectivity index (χ2n) is 3.55. The SMILES string of the molecule is CCCC(=O)/C(=C/I)[C@@H](O)c1ccccc1. The lowest BCUT2D eigenvalue weighted by Crippen LogP contribution is -2.10. The van der Waals surface area contributed by atoms with Crippen LogP contribution in [0.3, 0.4) is 0 Å². The van der Waals surface area contributed by atoms with Gasteiger partial charge in [-0.25, -0.2) is 0 Å². The van der Waals surface area contributed by atoms with E-state index in [0.717, 1.165) is 12.0 Å².